The number of benzene rings is 2. The molecule has 34 heavy (non-hydrogen) atoms. The average Bonchev–Trinajstić information content (AvgIpc) is 3.26. The Bertz CT molecular complexity index is 1560. The highest BCUT2D eigenvalue weighted by Gasteiger charge is 2.20. The van der Waals surface area contributed by atoms with E-state index < -0.39 is 0 Å². The number of pyridine rings is 1. The van der Waals surface area contributed by atoms with Gasteiger partial charge >= 0.3 is 0 Å². The number of fused-ring (bicyclic) bond motifs is 2. The number of aryl methyl sites for hydroxylation is 1. The molecule has 0 aliphatic rings. The Morgan fingerprint density at radius 3 is 2.53 bits per heavy atom. The van der Waals surface area contributed by atoms with Gasteiger partial charge in [0.15, 0.2) is 11.5 Å². The number of H-pyrrole nitrogens is 2. The van der Waals surface area contributed by atoms with Crippen LogP contribution < -0.4 is 26.1 Å². The number of hydrogen-bond donors (Lipinski definition) is 4. The van der Waals surface area contributed by atoms with Gasteiger partial charge in [-0.1, -0.05) is 12.1 Å². The average molecular weight is 457 g/mol. The van der Waals surface area contributed by atoms with E-state index in [1.54, 1.807) is 33.4 Å². The van der Waals surface area contributed by atoms with Crippen molar-refractivity contribution in [3.8, 4) is 22.9 Å². The zero-order chi connectivity index (χ0) is 23.8. The van der Waals surface area contributed by atoms with E-state index >= 15 is 0 Å². The van der Waals surface area contributed by atoms with Gasteiger partial charge < -0.3 is 30.5 Å². The molecule has 172 valence electrons. The zero-order valence-corrected chi connectivity index (χ0v) is 18.9. The molecule has 0 spiro atoms. The molecule has 3 heterocycles. The Morgan fingerprint density at radius 2 is 1.79 bits per heavy atom. The first-order valence-corrected chi connectivity index (χ1v) is 10.6. The van der Waals surface area contributed by atoms with E-state index in [1.807, 2.05) is 30.3 Å². The van der Waals surface area contributed by atoms with Gasteiger partial charge in [-0.3, -0.25) is 4.79 Å². The molecule has 3 aromatic heterocycles. The number of para-hydroxylation sites is 2. The van der Waals surface area contributed by atoms with Crippen LogP contribution in [0.2, 0.25) is 0 Å². The van der Waals surface area contributed by atoms with Crippen molar-refractivity contribution in [3.63, 3.8) is 0 Å². The van der Waals surface area contributed by atoms with Gasteiger partial charge in [0.25, 0.3) is 5.56 Å². The molecule has 0 aliphatic carbocycles. The highest BCUT2D eigenvalue weighted by Crippen LogP contribution is 2.37. The summed E-state index contributed by atoms with van der Waals surface area (Å²) >= 11 is 0. The van der Waals surface area contributed by atoms with E-state index in [9.17, 15) is 4.79 Å². The summed E-state index contributed by atoms with van der Waals surface area (Å²) in [5.74, 6) is 2.43. The molecule has 0 radical (unpaired) electrons. The molecule has 0 bridgehead atoms. The second kappa shape index (κ2) is 8.39. The van der Waals surface area contributed by atoms with E-state index in [0.29, 0.717) is 57.8 Å². The van der Waals surface area contributed by atoms with Gasteiger partial charge in [0.05, 0.1) is 36.5 Å². The maximum atomic E-state index is 13.3. The molecular formula is C24H23N7O3. The van der Waals surface area contributed by atoms with Gasteiger partial charge in [-0.25, -0.2) is 15.0 Å². The summed E-state index contributed by atoms with van der Waals surface area (Å²) in [6.07, 6.45) is 1.67. The van der Waals surface area contributed by atoms with Crippen LogP contribution in [0.25, 0.3) is 33.3 Å². The maximum Gasteiger partial charge on any atom is 0.261 e. The second-order valence-electron chi connectivity index (χ2n) is 7.74. The number of nitrogens with zero attached hydrogens (tertiary/aromatic N) is 3. The molecule has 0 amide bonds. The SMILES string of the molecule is COc1cc2[nH]c(=O)c(-c3nc4ccccc4[nH]3)c(NCc3cnc(C)nc3N)c2cc1OC. The van der Waals surface area contributed by atoms with Gasteiger partial charge in [-0.05, 0) is 25.1 Å². The largest absolute Gasteiger partial charge is 0.493 e. The third-order valence-electron chi connectivity index (χ3n) is 5.62. The highest BCUT2D eigenvalue weighted by molar-refractivity contribution is 6.00. The Kier molecular flexibility index (Phi) is 5.25. The maximum absolute atomic E-state index is 13.3. The van der Waals surface area contributed by atoms with Gasteiger partial charge in [0.1, 0.15) is 23.0 Å². The number of methoxy groups -OCH3 is 2. The van der Waals surface area contributed by atoms with Crippen molar-refractivity contribution in [1.29, 1.82) is 0 Å². The van der Waals surface area contributed by atoms with Crippen LogP contribution in [0.4, 0.5) is 11.5 Å². The molecule has 5 rings (SSSR count). The van der Waals surface area contributed by atoms with E-state index in [4.69, 9.17) is 15.2 Å². The van der Waals surface area contributed by atoms with Crippen molar-refractivity contribution in [2.24, 2.45) is 0 Å². The first-order chi connectivity index (χ1) is 16.5. The van der Waals surface area contributed by atoms with E-state index in [1.165, 1.54) is 0 Å². The first-order valence-electron chi connectivity index (χ1n) is 10.6. The van der Waals surface area contributed by atoms with Crippen LogP contribution in [0.3, 0.4) is 0 Å². The van der Waals surface area contributed by atoms with Gasteiger partial charge in [0, 0.05) is 29.8 Å². The summed E-state index contributed by atoms with van der Waals surface area (Å²) in [6.45, 7) is 2.07. The molecule has 10 heteroatoms. The number of ether oxygens (including phenoxy) is 2. The number of rotatable bonds is 6. The van der Waals surface area contributed by atoms with Crippen molar-refractivity contribution in [1.82, 2.24) is 24.9 Å². The Hall–Kier alpha value is -4.60. The predicted octanol–water partition coefficient (Wildman–Crippen LogP) is 3.38. The molecule has 0 unspecified atom stereocenters. The van der Waals surface area contributed by atoms with E-state index in [0.717, 1.165) is 16.4 Å². The lowest BCUT2D eigenvalue weighted by Gasteiger charge is -2.16. The number of aromatic nitrogens is 5. The molecule has 0 saturated carbocycles. The topological polar surface area (TPSA) is 144 Å². The monoisotopic (exact) mass is 457 g/mol. The minimum absolute atomic E-state index is 0.298. The van der Waals surface area contributed by atoms with Gasteiger partial charge in [0.2, 0.25) is 0 Å². The van der Waals surface area contributed by atoms with Crippen molar-refractivity contribution in [3.05, 3.63) is 64.3 Å². The molecule has 0 aliphatic heterocycles. The molecule has 0 atom stereocenters. The second-order valence-corrected chi connectivity index (χ2v) is 7.74. The normalized spacial score (nSPS) is 11.1. The molecule has 0 fully saturated rings. The number of imidazole rings is 1. The molecule has 0 saturated heterocycles. The van der Waals surface area contributed by atoms with Crippen LogP contribution in [0.1, 0.15) is 11.4 Å². The van der Waals surface area contributed by atoms with Crippen LogP contribution in [-0.2, 0) is 6.54 Å². The fourth-order valence-corrected chi connectivity index (χ4v) is 3.94. The van der Waals surface area contributed by atoms with E-state index in [2.05, 4.69) is 30.2 Å². The number of nitrogen functional groups attached to an aromatic ring is 1. The molecule has 10 nitrogen and oxygen atoms in total. The first kappa shape index (κ1) is 21.3. The number of aromatic amines is 2. The van der Waals surface area contributed by atoms with Crippen LogP contribution in [0.5, 0.6) is 11.5 Å². The van der Waals surface area contributed by atoms with Crippen molar-refractivity contribution in [2.45, 2.75) is 13.5 Å². The zero-order valence-electron chi connectivity index (χ0n) is 18.9. The minimum Gasteiger partial charge on any atom is -0.493 e. The van der Waals surface area contributed by atoms with Gasteiger partial charge in [-0.2, -0.15) is 0 Å². The van der Waals surface area contributed by atoms with Crippen LogP contribution >= 0.6 is 0 Å². The number of hydrogen-bond acceptors (Lipinski definition) is 8. The Balaban J connectivity index is 1.73. The Labute approximate surface area is 194 Å². The number of nitrogens with two attached hydrogens (primary N) is 1. The summed E-state index contributed by atoms with van der Waals surface area (Å²) in [4.78, 5) is 32.6. The molecule has 5 aromatic rings. The molecule has 2 aromatic carbocycles. The van der Waals surface area contributed by atoms with Crippen LogP contribution in [-0.4, -0.2) is 39.1 Å². The van der Waals surface area contributed by atoms with Crippen LogP contribution in [0.15, 0.2) is 47.4 Å². The summed E-state index contributed by atoms with van der Waals surface area (Å²) in [5.41, 5.74) is 9.59. The molecular weight excluding hydrogens is 434 g/mol. The lowest BCUT2D eigenvalue weighted by atomic mass is 10.1. The summed E-state index contributed by atoms with van der Waals surface area (Å²) in [6, 6.07) is 11.1. The Morgan fingerprint density at radius 1 is 1.03 bits per heavy atom. The smallest absolute Gasteiger partial charge is 0.261 e. The van der Waals surface area contributed by atoms with Crippen molar-refractivity contribution >= 4 is 33.4 Å². The summed E-state index contributed by atoms with van der Waals surface area (Å²) in [7, 11) is 3.11. The van der Waals surface area contributed by atoms with Crippen molar-refractivity contribution < 1.29 is 9.47 Å². The molecule has 5 N–H and O–H groups in total. The third-order valence-corrected chi connectivity index (χ3v) is 5.62. The number of anilines is 2. The minimum atomic E-state index is -0.311. The number of nitrogens with one attached hydrogen (secondary N) is 3. The predicted molar refractivity (Wildman–Crippen MR) is 131 cm³/mol. The fraction of sp³-hybridized carbons (Fsp3) is 0.167. The fourth-order valence-electron chi connectivity index (χ4n) is 3.94. The highest BCUT2D eigenvalue weighted by atomic mass is 16.5. The van der Waals surface area contributed by atoms with Crippen molar-refractivity contribution in [2.75, 3.05) is 25.3 Å². The van der Waals surface area contributed by atoms with Gasteiger partial charge in [-0.15, -0.1) is 0 Å². The lowest BCUT2D eigenvalue weighted by molar-refractivity contribution is 0.356. The third kappa shape index (κ3) is 3.64. The lowest BCUT2D eigenvalue weighted by Crippen LogP contribution is -2.15. The summed E-state index contributed by atoms with van der Waals surface area (Å²) < 4.78 is 10.9. The van der Waals surface area contributed by atoms with Crippen LogP contribution in [0, 0.1) is 6.92 Å². The standard InChI is InChI=1S/C24H23N7O3/c1-12-26-10-13(22(25)28-12)11-27-21-14-8-18(33-2)19(34-3)9-17(14)31-24(32)20(21)23-29-15-6-4-5-7-16(15)30-23/h4-10H,11H2,1-3H3,(H,29,30)(H2,25,26,28)(H2,27,31,32). The quantitative estimate of drug-likeness (QED) is 0.304. The van der Waals surface area contributed by atoms with E-state index in [-0.39, 0.29) is 5.56 Å². The summed E-state index contributed by atoms with van der Waals surface area (Å²) in [5, 5.41) is 4.09.